The topological polar surface area (TPSA) is 124 Å². The lowest BCUT2D eigenvalue weighted by molar-refractivity contribution is 0.357. The monoisotopic (exact) mass is 216 g/mol. The third-order valence-corrected chi connectivity index (χ3v) is 3.37. The zero-order valence-corrected chi connectivity index (χ0v) is 8.35. The highest BCUT2D eigenvalue weighted by Gasteiger charge is 2.24. The van der Waals surface area contributed by atoms with Crippen LogP contribution in [0.3, 0.4) is 0 Å². The molecule has 5 N–H and O–H groups in total. The fourth-order valence-electron chi connectivity index (χ4n) is 0.514. The predicted molar refractivity (Wildman–Crippen MR) is 46.3 cm³/mol. The van der Waals surface area contributed by atoms with E-state index in [0.29, 0.717) is 0 Å². The molecule has 2 atom stereocenters. The molecule has 0 bridgehead atoms. The predicted octanol–water partition coefficient (Wildman–Crippen LogP) is -0.484. The van der Waals surface area contributed by atoms with Crippen molar-refractivity contribution in [3.05, 3.63) is 0 Å². The van der Waals surface area contributed by atoms with Gasteiger partial charge in [-0.15, -0.1) is 0 Å². The van der Waals surface area contributed by atoms with Crippen LogP contribution in [0.5, 0.6) is 0 Å². The Balaban J connectivity index is 4.06. The van der Waals surface area contributed by atoms with Crippen LogP contribution in [0.25, 0.3) is 0 Å². The SMILES string of the molecule is C[S@](=N)(=O)CC[C@@H](N)P(=O)(O)O. The van der Waals surface area contributed by atoms with Gasteiger partial charge in [-0.25, -0.2) is 0 Å². The minimum absolute atomic E-state index is 0.0841. The highest BCUT2D eigenvalue weighted by Crippen LogP contribution is 2.39. The first-order valence-electron chi connectivity index (χ1n) is 3.15. The van der Waals surface area contributed by atoms with Crippen molar-refractivity contribution in [2.24, 2.45) is 5.73 Å². The van der Waals surface area contributed by atoms with Crippen molar-refractivity contribution in [1.29, 1.82) is 4.78 Å². The summed E-state index contributed by atoms with van der Waals surface area (Å²) < 4.78 is 28.2. The molecule has 0 unspecified atom stereocenters. The van der Waals surface area contributed by atoms with Crippen LogP contribution in [0.1, 0.15) is 6.42 Å². The molecule has 0 saturated heterocycles. The molecule has 0 rings (SSSR count). The van der Waals surface area contributed by atoms with Crippen molar-refractivity contribution in [2.75, 3.05) is 12.0 Å². The van der Waals surface area contributed by atoms with Crippen molar-refractivity contribution >= 4 is 17.3 Å². The molecule has 0 aliphatic carbocycles. The summed E-state index contributed by atoms with van der Waals surface area (Å²) in [5.41, 5.74) is 5.09. The molecular formula is C4H13N2O4PS. The first-order chi connectivity index (χ1) is 5.13. The van der Waals surface area contributed by atoms with Crippen molar-refractivity contribution < 1.29 is 18.6 Å². The normalized spacial score (nSPS) is 20.0. The van der Waals surface area contributed by atoms with Gasteiger partial charge >= 0.3 is 7.60 Å². The molecule has 0 saturated carbocycles. The van der Waals surface area contributed by atoms with Gasteiger partial charge in [0.25, 0.3) is 0 Å². The molecule has 0 aliphatic rings. The average molecular weight is 216 g/mol. The van der Waals surface area contributed by atoms with Crippen LogP contribution < -0.4 is 5.73 Å². The van der Waals surface area contributed by atoms with E-state index in [1.165, 1.54) is 6.26 Å². The van der Waals surface area contributed by atoms with Gasteiger partial charge in [0.2, 0.25) is 0 Å². The third-order valence-electron chi connectivity index (χ3n) is 1.24. The molecule has 0 aromatic carbocycles. The maximum absolute atomic E-state index is 10.8. The van der Waals surface area contributed by atoms with Gasteiger partial charge in [0.1, 0.15) is 5.78 Å². The largest absolute Gasteiger partial charge is 0.342 e. The minimum Gasteiger partial charge on any atom is -0.323 e. The fraction of sp³-hybridized carbons (Fsp3) is 1.00. The summed E-state index contributed by atoms with van der Waals surface area (Å²) in [6.45, 7) is 0. The van der Waals surface area contributed by atoms with Crippen LogP contribution in [0.2, 0.25) is 0 Å². The van der Waals surface area contributed by atoms with Crippen LogP contribution in [-0.4, -0.2) is 31.8 Å². The van der Waals surface area contributed by atoms with Gasteiger partial charge in [-0.05, 0) is 6.42 Å². The highest BCUT2D eigenvalue weighted by molar-refractivity contribution is 7.91. The van der Waals surface area contributed by atoms with Crippen LogP contribution in [0, 0.1) is 4.78 Å². The molecule has 0 fully saturated rings. The van der Waals surface area contributed by atoms with E-state index in [2.05, 4.69) is 0 Å². The van der Waals surface area contributed by atoms with Crippen molar-refractivity contribution in [3.63, 3.8) is 0 Å². The van der Waals surface area contributed by atoms with Crippen LogP contribution in [0.15, 0.2) is 0 Å². The van der Waals surface area contributed by atoms with Crippen molar-refractivity contribution in [1.82, 2.24) is 0 Å². The summed E-state index contributed by atoms with van der Waals surface area (Å²) >= 11 is 0. The molecule has 8 heteroatoms. The van der Waals surface area contributed by atoms with Gasteiger partial charge in [0, 0.05) is 21.7 Å². The van der Waals surface area contributed by atoms with E-state index in [0.717, 1.165) is 0 Å². The summed E-state index contributed by atoms with van der Waals surface area (Å²) in [7, 11) is -6.98. The fourth-order valence-corrected chi connectivity index (χ4v) is 1.86. The first kappa shape index (κ1) is 12.1. The zero-order valence-electron chi connectivity index (χ0n) is 6.64. The molecule has 74 valence electrons. The van der Waals surface area contributed by atoms with Gasteiger partial charge in [-0.3, -0.25) is 13.6 Å². The van der Waals surface area contributed by atoms with Gasteiger partial charge in [0.15, 0.2) is 0 Å². The van der Waals surface area contributed by atoms with Gasteiger partial charge in [-0.2, -0.15) is 0 Å². The Bertz CT molecular complexity index is 281. The highest BCUT2D eigenvalue weighted by atomic mass is 32.2. The number of hydrogen-bond acceptors (Lipinski definition) is 4. The molecule has 0 aromatic heterocycles. The van der Waals surface area contributed by atoms with Crippen LogP contribution in [-0.2, 0) is 14.3 Å². The second-order valence-electron chi connectivity index (χ2n) is 2.65. The van der Waals surface area contributed by atoms with E-state index in [9.17, 15) is 8.77 Å². The van der Waals surface area contributed by atoms with E-state index < -0.39 is 23.1 Å². The maximum atomic E-state index is 10.8. The molecule has 0 aliphatic heterocycles. The standard InChI is InChI=1S/C4H13N2O4PS/c1-12(6,10)3-2-4(5)11(7,8)9/h4,6H,2-3,5H2,1H3,(H2,7,8,9)/t4-,12-/m0/s1. The van der Waals surface area contributed by atoms with E-state index in [4.69, 9.17) is 20.3 Å². The average Bonchev–Trinajstić information content (AvgIpc) is 1.78. The second kappa shape index (κ2) is 3.85. The zero-order chi connectivity index (χ0) is 9.99. The third kappa shape index (κ3) is 5.68. The van der Waals surface area contributed by atoms with Crippen LogP contribution >= 0.6 is 7.60 Å². The molecular weight excluding hydrogens is 203 g/mol. The summed E-state index contributed by atoms with van der Waals surface area (Å²) in [4.78, 5) is 17.0. The smallest absolute Gasteiger partial charge is 0.323 e. The van der Waals surface area contributed by atoms with E-state index >= 15 is 0 Å². The summed E-state index contributed by atoms with van der Waals surface area (Å²) in [6, 6.07) is 0. The minimum atomic E-state index is -4.27. The van der Waals surface area contributed by atoms with Crippen LogP contribution in [0.4, 0.5) is 0 Å². The Labute approximate surface area is 71.3 Å². The van der Waals surface area contributed by atoms with Gasteiger partial charge in [0.05, 0.1) is 0 Å². The molecule has 12 heavy (non-hydrogen) atoms. The summed E-state index contributed by atoms with van der Waals surface area (Å²) in [6.07, 6.45) is 1.11. The Kier molecular flexibility index (Phi) is 3.87. The number of hydrogen-bond donors (Lipinski definition) is 4. The lowest BCUT2D eigenvalue weighted by Crippen LogP contribution is -2.23. The van der Waals surface area contributed by atoms with Crippen molar-refractivity contribution in [3.8, 4) is 0 Å². The van der Waals surface area contributed by atoms with E-state index in [1.54, 1.807) is 0 Å². The molecule has 0 spiro atoms. The maximum Gasteiger partial charge on any atom is 0.342 e. The Morgan fingerprint density at radius 3 is 2.33 bits per heavy atom. The Morgan fingerprint density at radius 1 is 1.67 bits per heavy atom. The number of nitrogens with two attached hydrogens (primary N) is 1. The van der Waals surface area contributed by atoms with E-state index in [-0.39, 0.29) is 12.2 Å². The number of rotatable bonds is 4. The molecule has 6 nitrogen and oxygen atoms in total. The number of nitrogens with one attached hydrogen (secondary N) is 1. The molecule has 0 amide bonds. The molecule has 0 aromatic rings. The molecule has 0 radical (unpaired) electrons. The van der Waals surface area contributed by atoms with E-state index in [1.807, 2.05) is 0 Å². The first-order valence-corrected chi connectivity index (χ1v) is 6.97. The summed E-state index contributed by atoms with van der Waals surface area (Å²) in [5.74, 6) is -1.39. The summed E-state index contributed by atoms with van der Waals surface area (Å²) in [5, 5.41) is 0. The Morgan fingerprint density at radius 2 is 2.08 bits per heavy atom. The van der Waals surface area contributed by atoms with Gasteiger partial charge in [-0.1, -0.05) is 0 Å². The second-order valence-corrected chi connectivity index (χ2v) is 6.91. The lowest BCUT2D eigenvalue weighted by atomic mass is 10.5. The lowest BCUT2D eigenvalue weighted by Gasteiger charge is -2.12. The molecule has 0 heterocycles. The van der Waals surface area contributed by atoms with Gasteiger partial charge < -0.3 is 15.5 Å². The van der Waals surface area contributed by atoms with Crippen molar-refractivity contribution in [2.45, 2.75) is 12.2 Å². The quantitative estimate of drug-likeness (QED) is 0.472. The Hall–Kier alpha value is 0.0600.